The lowest BCUT2D eigenvalue weighted by Crippen LogP contribution is -2.51. The zero-order valence-electron chi connectivity index (χ0n) is 16.6. The van der Waals surface area contributed by atoms with Crippen LogP contribution >= 0.6 is 0 Å². The second-order valence-corrected chi connectivity index (χ2v) is 7.00. The molecule has 2 aromatic carbocycles. The van der Waals surface area contributed by atoms with Gasteiger partial charge >= 0.3 is 5.97 Å². The van der Waals surface area contributed by atoms with Crippen LogP contribution in [0.5, 0.6) is 0 Å². The number of rotatable bonds is 5. The number of ether oxygens (including phenoxy) is 1. The lowest BCUT2D eigenvalue weighted by atomic mass is 10.2. The molecule has 9 nitrogen and oxygen atoms in total. The predicted octanol–water partition coefficient (Wildman–Crippen LogP) is 1.56. The number of nitrogens with zero attached hydrogens (tertiary/aromatic N) is 6. The van der Waals surface area contributed by atoms with Crippen LogP contribution in [-0.2, 0) is 9.53 Å². The van der Waals surface area contributed by atoms with Crippen LogP contribution in [-0.4, -0.2) is 69.3 Å². The molecule has 4 rings (SSSR count). The molecule has 3 aromatic rings. The Hall–Kier alpha value is -3.75. The van der Waals surface area contributed by atoms with Gasteiger partial charge in [0.25, 0.3) is 5.91 Å². The van der Waals surface area contributed by atoms with Crippen LogP contribution in [0.1, 0.15) is 17.3 Å². The zero-order chi connectivity index (χ0) is 20.9. The average Bonchev–Trinajstić information content (AvgIpc) is 3.34. The first kappa shape index (κ1) is 19.6. The fraction of sp³-hybridized carbons (Fsp3) is 0.286. The summed E-state index contributed by atoms with van der Waals surface area (Å²) in [5, 5.41) is 10.9. The Morgan fingerprint density at radius 3 is 2.27 bits per heavy atom. The molecule has 9 heteroatoms. The Balaban J connectivity index is 1.30. The van der Waals surface area contributed by atoms with E-state index in [0.717, 1.165) is 24.5 Å². The molecule has 0 aliphatic carbocycles. The first-order valence-corrected chi connectivity index (χ1v) is 9.75. The van der Waals surface area contributed by atoms with E-state index in [1.54, 1.807) is 36.1 Å². The average molecular weight is 406 g/mol. The van der Waals surface area contributed by atoms with Crippen LogP contribution in [0.15, 0.2) is 60.9 Å². The molecule has 0 spiro atoms. The Labute approximate surface area is 173 Å². The maximum atomic E-state index is 12.7. The molecule has 1 aliphatic rings. The highest BCUT2D eigenvalue weighted by molar-refractivity contribution is 5.92. The Morgan fingerprint density at radius 1 is 0.933 bits per heavy atom. The van der Waals surface area contributed by atoms with Gasteiger partial charge in [-0.15, -0.1) is 5.10 Å². The molecule has 30 heavy (non-hydrogen) atoms. The lowest BCUT2D eigenvalue weighted by molar-refractivity contribution is -0.140. The van der Waals surface area contributed by atoms with E-state index in [0.29, 0.717) is 18.7 Å². The minimum absolute atomic E-state index is 0.179. The molecule has 154 valence electrons. The van der Waals surface area contributed by atoms with Crippen molar-refractivity contribution in [2.75, 3.05) is 31.1 Å². The maximum absolute atomic E-state index is 12.7. The van der Waals surface area contributed by atoms with Gasteiger partial charge in [0.2, 0.25) is 0 Å². The van der Waals surface area contributed by atoms with Crippen molar-refractivity contribution in [3.63, 3.8) is 0 Å². The molecule has 1 fully saturated rings. The van der Waals surface area contributed by atoms with Crippen LogP contribution in [0, 0.1) is 0 Å². The Bertz CT molecular complexity index is 983. The van der Waals surface area contributed by atoms with Crippen molar-refractivity contribution in [3.8, 4) is 5.69 Å². The zero-order valence-corrected chi connectivity index (χ0v) is 16.6. The van der Waals surface area contributed by atoms with E-state index in [-0.39, 0.29) is 5.91 Å². The van der Waals surface area contributed by atoms with Gasteiger partial charge in [-0.05, 0) is 53.7 Å². The number of piperazine rings is 1. The lowest BCUT2D eigenvalue weighted by Gasteiger charge is -2.37. The summed E-state index contributed by atoms with van der Waals surface area (Å²) in [5.41, 5.74) is 2.23. The smallest absolute Gasteiger partial charge is 0.338 e. The second-order valence-electron chi connectivity index (χ2n) is 7.00. The standard InChI is InChI=1S/C21H22N6O3/c1-16(20(28)26-13-11-25(12-14-26)18-5-3-2-4-6-18)30-21(29)17-7-9-19(10-8-17)27-15-22-23-24-27/h2-10,15-16H,11-14H2,1H3/t16-/m1/s1. The van der Waals surface area contributed by atoms with Gasteiger partial charge in [-0.1, -0.05) is 18.2 Å². The van der Waals surface area contributed by atoms with Crippen LogP contribution in [0.2, 0.25) is 0 Å². The molecule has 0 radical (unpaired) electrons. The van der Waals surface area contributed by atoms with Crippen LogP contribution in [0.25, 0.3) is 5.69 Å². The van der Waals surface area contributed by atoms with E-state index >= 15 is 0 Å². The second kappa shape index (κ2) is 8.73. The molecular weight excluding hydrogens is 384 g/mol. The van der Waals surface area contributed by atoms with Gasteiger partial charge in [-0.25, -0.2) is 9.48 Å². The van der Waals surface area contributed by atoms with Gasteiger partial charge in [0.05, 0.1) is 11.3 Å². The number of carbonyl (C=O) groups excluding carboxylic acids is 2. The van der Waals surface area contributed by atoms with Gasteiger partial charge in [-0.3, -0.25) is 4.79 Å². The normalized spacial score (nSPS) is 15.0. The number of hydrogen-bond acceptors (Lipinski definition) is 7. The van der Waals surface area contributed by atoms with E-state index in [4.69, 9.17) is 4.74 Å². The van der Waals surface area contributed by atoms with Gasteiger partial charge < -0.3 is 14.5 Å². The van der Waals surface area contributed by atoms with Crippen LogP contribution in [0.3, 0.4) is 0 Å². The summed E-state index contributed by atoms with van der Waals surface area (Å²) < 4.78 is 6.89. The fourth-order valence-electron chi connectivity index (χ4n) is 3.39. The minimum atomic E-state index is -0.847. The summed E-state index contributed by atoms with van der Waals surface area (Å²) in [6, 6.07) is 16.8. The topological polar surface area (TPSA) is 93.4 Å². The van der Waals surface area contributed by atoms with Gasteiger partial charge in [-0.2, -0.15) is 0 Å². The van der Waals surface area contributed by atoms with Crippen LogP contribution < -0.4 is 4.90 Å². The fourth-order valence-corrected chi connectivity index (χ4v) is 3.39. The summed E-state index contributed by atoms with van der Waals surface area (Å²) in [5.74, 6) is -0.719. The van der Waals surface area contributed by atoms with E-state index in [1.165, 1.54) is 11.0 Å². The molecule has 1 amide bonds. The van der Waals surface area contributed by atoms with E-state index in [1.807, 2.05) is 18.2 Å². The molecule has 1 saturated heterocycles. The summed E-state index contributed by atoms with van der Waals surface area (Å²) in [6.07, 6.45) is 0.617. The molecule has 0 unspecified atom stereocenters. The van der Waals surface area contributed by atoms with Crippen molar-refractivity contribution in [3.05, 3.63) is 66.5 Å². The highest BCUT2D eigenvalue weighted by atomic mass is 16.5. The first-order chi connectivity index (χ1) is 14.6. The van der Waals surface area contributed by atoms with E-state index < -0.39 is 12.1 Å². The van der Waals surface area contributed by atoms with Crippen molar-refractivity contribution in [2.45, 2.75) is 13.0 Å². The number of anilines is 1. The largest absolute Gasteiger partial charge is 0.449 e. The number of carbonyl (C=O) groups is 2. The molecular formula is C21H22N6O3. The SMILES string of the molecule is C[C@@H](OC(=O)c1ccc(-n2cnnn2)cc1)C(=O)N1CCN(c2ccccc2)CC1. The van der Waals surface area contributed by atoms with Gasteiger partial charge in [0.15, 0.2) is 6.10 Å². The highest BCUT2D eigenvalue weighted by Crippen LogP contribution is 2.17. The third-order valence-corrected chi connectivity index (χ3v) is 5.06. The van der Waals surface area contributed by atoms with Gasteiger partial charge in [0.1, 0.15) is 6.33 Å². The quantitative estimate of drug-likeness (QED) is 0.594. The molecule has 1 atom stereocenters. The summed E-state index contributed by atoms with van der Waals surface area (Å²) >= 11 is 0. The van der Waals surface area contributed by atoms with Crippen molar-refractivity contribution in [1.82, 2.24) is 25.1 Å². The van der Waals surface area contributed by atoms with Crippen molar-refractivity contribution in [1.29, 1.82) is 0 Å². The monoisotopic (exact) mass is 406 g/mol. The van der Waals surface area contributed by atoms with E-state index in [9.17, 15) is 9.59 Å². The molecule has 1 aliphatic heterocycles. The first-order valence-electron chi connectivity index (χ1n) is 9.75. The number of benzene rings is 2. The molecule has 0 saturated carbocycles. The van der Waals surface area contributed by atoms with Crippen molar-refractivity contribution >= 4 is 17.6 Å². The molecule has 2 heterocycles. The van der Waals surface area contributed by atoms with Crippen molar-refractivity contribution < 1.29 is 14.3 Å². The van der Waals surface area contributed by atoms with E-state index in [2.05, 4.69) is 32.6 Å². The number of para-hydroxylation sites is 1. The number of tetrazole rings is 1. The number of hydrogen-bond donors (Lipinski definition) is 0. The third kappa shape index (κ3) is 4.29. The minimum Gasteiger partial charge on any atom is -0.449 e. The molecule has 0 bridgehead atoms. The Morgan fingerprint density at radius 2 is 1.63 bits per heavy atom. The number of amides is 1. The Kier molecular flexibility index (Phi) is 5.69. The summed E-state index contributed by atoms with van der Waals surface area (Å²) in [4.78, 5) is 29.1. The third-order valence-electron chi connectivity index (χ3n) is 5.06. The molecule has 1 aromatic heterocycles. The van der Waals surface area contributed by atoms with Crippen molar-refractivity contribution in [2.24, 2.45) is 0 Å². The molecule has 0 N–H and O–H groups in total. The van der Waals surface area contributed by atoms with Crippen LogP contribution in [0.4, 0.5) is 5.69 Å². The number of aromatic nitrogens is 4. The number of esters is 1. The highest BCUT2D eigenvalue weighted by Gasteiger charge is 2.27. The van der Waals surface area contributed by atoms with Gasteiger partial charge in [0, 0.05) is 31.9 Å². The maximum Gasteiger partial charge on any atom is 0.338 e. The predicted molar refractivity (Wildman–Crippen MR) is 109 cm³/mol. The summed E-state index contributed by atoms with van der Waals surface area (Å²) in [6.45, 7) is 4.29. The summed E-state index contributed by atoms with van der Waals surface area (Å²) in [7, 11) is 0.